The van der Waals surface area contributed by atoms with Crippen LogP contribution in [-0.2, 0) is 10.2 Å². The van der Waals surface area contributed by atoms with Gasteiger partial charge in [-0.15, -0.1) is 0 Å². The number of nitrogens with zero attached hydrogens (tertiary/aromatic N) is 3. The number of nitrogens with one attached hydrogen (secondary N) is 1. The summed E-state index contributed by atoms with van der Waals surface area (Å²) in [6, 6.07) is 6.81. The Morgan fingerprint density at radius 3 is 2.85 bits per heavy atom. The van der Waals surface area contributed by atoms with E-state index in [0.717, 1.165) is 36.2 Å². The van der Waals surface area contributed by atoms with Gasteiger partial charge < -0.3 is 15.2 Å². The van der Waals surface area contributed by atoms with Gasteiger partial charge in [0.2, 0.25) is 0 Å². The Kier molecular flexibility index (Phi) is 5.61. The number of carbonyl (C=O) groups is 1. The maximum Gasteiger partial charge on any atom is 0.356 e. The summed E-state index contributed by atoms with van der Waals surface area (Å²) in [6.07, 6.45) is 2.58. The Hall–Kier alpha value is -2.97. The van der Waals surface area contributed by atoms with E-state index in [4.69, 9.17) is 21.3 Å². The number of aromatic nitrogens is 3. The highest BCUT2D eigenvalue weighted by atomic mass is 35.5. The first-order valence-electron chi connectivity index (χ1n) is 11.6. The van der Waals surface area contributed by atoms with E-state index >= 15 is 0 Å². The zero-order valence-corrected chi connectivity index (χ0v) is 20.1. The number of benzene rings is 1. The minimum Gasteiger partial charge on any atom is -0.476 e. The molecule has 4 heterocycles. The highest BCUT2D eigenvalue weighted by molar-refractivity contribution is 6.29. The second kappa shape index (κ2) is 8.36. The van der Waals surface area contributed by atoms with Gasteiger partial charge in [-0.3, -0.25) is 9.36 Å². The van der Waals surface area contributed by atoms with Gasteiger partial charge >= 0.3 is 5.97 Å². The molecule has 3 atom stereocenters. The van der Waals surface area contributed by atoms with Crippen molar-refractivity contribution in [3.05, 3.63) is 62.4 Å². The molecule has 2 aromatic heterocycles. The Morgan fingerprint density at radius 2 is 2.18 bits per heavy atom. The van der Waals surface area contributed by atoms with Gasteiger partial charge in [0.05, 0.1) is 34.7 Å². The summed E-state index contributed by atoms with van der Waals surface area (Å²) in [6.45, 7) is 7.22. The topological polar surface area (TPSA) is 106 Å². The van der Waals surface area contributed by atoms with Crippen molar-refractivity contribution in [2.45, 2.75) is 57.5 Å². The molecule has 0 bridgehead atoms. The molecule has 0 aliphatic carbocycles. The number of fused-ring (bicyclic) bond motifs is 3. The lowest BCUT2D eigenvalue weighted by Crippen LogP contribution is -2.29. The Morgan fingerprint density at radius 1 is 1.38 bits per heavy atom. The monoisotopic (exact) mass is 482 g/mol. The molecule has 5 rings (SSSR count). The smallest absolute Gasteiger partial charge is 0.356 e. The number of carboxylic acid groups (broad SMARTS) is 1. The zero-order valence-electron chi connectivity index (χ0n) is 19.4. The number of aryl methyl sites for hydroxylation is 1. The molecular formula is C25H27ClN4O4. The quantitative estimate of drug-likeness (QED) is 0.510. The van der Waals surface area contributed by atoms with E-state index in [1.54, 1.807) is 12.1 Å². The van der Waals surface area contributed by atoms with Crippen molar-refractivity contribution in [2.24, 2.45) is 0 Å². The number of anilines is 1. The third-order valence-electron chi connectivity index (χ3n) is 7.12. The maximum absolute atomic E-state index is 13.8. The number of aromatic carboxylic acids is 1. The second-order valence-electron chi connectivity index (χ2n) is 9.41. The predicted molar refractivity (Wildman–Crippen MR) is 130 cm³/mol. The number of hydrogen-bond donors (Lipinski definition) is 2. The first kappa shape index (κ1) is 22.8. The summed E-state index contributed by atoms with van der Waals surface area (Å²) in [7, 11) is 0. The molecule has 3 aromatic rings. The number of halogens is 1. The average Bonchev–Trinajstić information content (AvgIpc) is 3.40. The second-order valence-corrected chi connectivity index (χ2v) is 9.80. The SMILES string of the molecule is CC[C@@H]1C[C@@]2(CCOC2)c2nc3c([C@@H](C)Nc4ccc(Cl)nc4C(=O)O)cc(C)cc3c(=O)n21. The lowest BCUT2D eigenvalue weighted by Gasteiger charge is -2.22. The first-order valence-corrected chi connectivity index (χ1v) is 11.9. The van der Waals surface area contributed by atoms with Crippen molar-refractivity contribution >= 4 is 34.2 Å². The number of hydrogen-bond acceptors (Lipinski definition) is 6. The van der Waals surface area contributed by atoms with E-state index in [1.165, 1.54) is 0 Å². The fourth-order valence-corrected chi connectivity index (χ4v) is 5.60. The lowest BCUT2D eigenvalue weighted by molar-refractivity contribution is 0.0691. The summed E-state index contributed by atoms with van der Waals surface area (Å²) in [5, 5.41) is 13.5. The van der Waals surface area contributed by atoms with Gasteiger partial charge in [0.1, 0.15) is 11.0 Å². The molecule has 0 amide bonds. The van der Waals surface area contributed by atoms with Gasteiger partial charge in [0.25, 0.3) is 5.56 Å². The zero-order chi connectivity index (χ0) is 24.2. The molecule has 0 radical (unpaired) electrons. The van der Waals surface area contributed by atoms with Gasteiger partial charge in [-0.05, 0) is 56.9 Å². The average molecular weight is 483 g/mol. The van der Waals surface area contributed by atoms with E-state index in [2.05, 4.69) is 17.2 Å². The molecule has 1 fully saturated rings. The Labute approximate surface area is 201 Å². The molecule has 9 heteroatoms. The molecule has 8 nitrogen and oxygen atoms in total. The molecule has 34 heavy (non-hydrogen) atoms. The molecule has 1 spiro atoms. The van der Waals surface area contributed by atoms with E-state index in [9.17, 15) is 14.7 Å². The van der Waals surface area contributed by atoms with Crippen molar-refractivity contribution in [3.8, 4) is 0 Å². The number of ether oxygens (including phenoxy) is 1. The van der Waals surface area contributed by atoms with E-state index in [0.29, 0.717) is 29.8 Å². The van der Waals surface area contributed by atoms with Gasteiger partial charge in [-0.25, -0.2) is 14.8 Å². The summed E-state index contributed by atoms with van der Waals surface area (Å²) in [4.78, 5) is 34.5. The van der Waals surface area contributed by atoms with Crippen LogP contribution < -0.4 is 10.9 Å². The molecular weight excluding hydrogens is 456 g/mol. The third-order valence-corrected chi connectivity index (χ3v) is 7.33. The van der Waals surface area contributed by atoms with Gasteiger partial charge in [0, 0.05) is 18.2 Å². The van der Waals surface area contributed by atoms with Crippen molar-refractivity contribution < 1.29 is 14.6 Å². The summed E-state index contributed by atoms with van der Waals surface area (Å²) >= 11 is 5.91. The highest BCUT2D eigenvalue weighted by Gasteiger charge is 2.48. The Bertz CT molecular complexity index is 1360. The standard InChI is InChI=1S/C25H27ClN4O4/c1-4-15-11-25(7-8-34-12-25)24-29-20-16(9-13(2)10-17(20)22(31)30(15)24)14(3)27-18-5-6-19(26)28-21(18)23(32)33/h5-6,9-10,14-15,27H,4,7-8,11-12H2,1-3H3,(H,32,33)/t14-,15-,25-/m1/s1. The van der Waals surface area contributed by atoms with Crippen molar-refractivity contribution in [1.82, 2.24) is 14.5 Å². The lowest BCUT2D eigenvalue weighted by atomic mass is 9.83. The summed E-state index contributed by atoms with van der Waals surface area (Å²) < 4.78 is 7.66. The van der Waals surface area contributed by atoms with Crippen LogP contribution in [0.5, 0.6) is 0 Å². The number of pyridine rings is 1. The van der Waals surface area contributed by atoms with E-state index < -0.39 is 5.97 Å². The number of rotatable bonds is 5. The van der Waals surface area contributed by atoms with Crippen LogP contribution in [0.15, 0.2) is 29.1 Å². The van der Waals surface area contributed by atoms with Gasteiger partial charge in [-0.2, -0.15) is 0 Å². The van der Waals surface area contributed by atoms with Crippen LogP contribution in [-0.4, -0.2) is 38.8 Å². The van der Waals surface area contributed by atoms with Crippen LogP contribution in [0.3, 0.4) is 0 Å². The van der Waals surface area contributed by atoms with E-state index in [-0.39, 0.29) is 33.9 Å². The predicted octanol–water partition coefficient (Wildman–Crippen LogP) is 4.64. The third kappa shape index (κ3) is 3.56. The van der Waals surface area contributed by atoms with Crippen LogP contribution >= 0.6 is 11.6 Å². The molecule has 1 aromatic carbocycles. The molecule has 2 N–H and O–H groups in total. The minimum atomic E-state index is -1.17. The molecule has 0 saturated carbocycles. The van der Waals surface area contributed by atoms with Crippen LogP contribution in [0.2, 0.25) is 5.15 Å². The molecule has 1 saturated heterocycles. The fraction of sp³-hybridized carbons (Fsp3) is 0.440. The van der Waals surface area contributed by atoms with Gasteiger partial charge in [-0.1, -0.05) is 24.6 Å². The molecule has 178 valence electrons. The van der Waals surface area contributed by atoms with Crippen molar-refractivity contribution in [1.29, 1.82) is 0 Å². The van der Waals surface area contributed by atoms with Crippen LogP contribution in [0.4, 0.5) is 5.69 Å². The highest BCUT2D eigenvalue weighted by Crippen LogP contribution is 2.46. The normalized spacial score (nSPS) is 22.3. The van der Waals surface area contributed by atoms with Crippen molar-refractivity contribution in [3.63, 3.8) is 0 Å². The summed E-state index contributed by atoms with van der Waals surface area (Å²) in [5.74, 6) is -0.361. The van der Waals surface area contributed by atoms with Crippen LogP contribution in [0.25, 0.3) is 10.9 Å². The molecule has 2 aliphatic heterocycles. The first-order chi connectivity index (χ1) is 16.2. The van der Waals surface area contributed by atoms with E-state index in [1.807, 2.05) is 30.5 Å². The largest absolute Gasteiger partial charge is 0.476 e. The fourth-order valence-electron chi connectivity index (χ4n) is 5.45. The van der Waals surface area contributed by atoms with Crippen molar-refractivity contribution in [2.75, 3.05) is 18.5 Å². The minimum absolute atomic E-state index is 0.0211. The summed E-state index contributed by atoms with van der Waals surface area (Å²) in [5.41, 5.74) is 2.35. The van der Waals surface area contributed by atoms with Crippen LogP contribution in [0, 0.1) is 6.92 Å². The molecule has 0 unspecified atom stereocenters. The number of carboxylic acids is 1. The maximum atomic E-state index is 13.8. The molecule has 2 aliphatic rings. The Balaban J connectivity index is 1.67. The van der Waals surface area contributed by atoms with Crippen LogP contribution in [0.1, 0.15) is 72.6 Å². The van der Waals surface area contributed by atoms with Gasteiger partial charge in [0.15, 0.2) is 5.69 Å².